The maximum atomic E-state index is 12.5. The number of nitrogen functional groups attached to an aromatic ring is 1. The summed E-state index contributed by atoms with van der Waals surface area (Å²) in [5, 5.41) is 11.5. The first-order valence-corrected chi connectivity index (χ1v) is 6.12. The van der Waals surface area contributed by atoms with Crippen LogP contribution < -0.4 is 11.1 Å². The number of aromatic nitrogens is 1. The number of alkyl halides is 3. The third-order valence-corrected chi connectivity index (χ3v) is 2.63. The van der Waals surface area contributed by atoms with Crippen LogP contribution in [0.5, 0.6) is 0 Å². The van der Waals surface area contributed by atoms with E-state index in [9.17, 15) is 13.2 Å². The molecule has 108 valence electrons. The Kier molecular flexibility index (Phi) is 5.88. The van der Waals surface area contributed by atoms with Crippen molar-refractivity contribution in [1.29, 1.82) is 0 Å². The highest BCUT2D eigenvalue weighted by Gasteiger charge is 2.32. The zero-order valence-electron chi connectivity index (χ0n) is 10.5. The van der Waals surface area contributed by atoms with Gasteiger partial charge in [-0.1, -0.05) is 12.8 Å². The lowest BCUT2D eigenvalue weighted by Crippen LogP contribution is -2.11. The van der Waals surface area contributed by atoms with Crippen LogP contribution in [0, 0.1) is 0 Å². The number of anilines is 2. The number of nitrogens with zero attached hydrogens (tertiary/aromatic N) is 1. The smallest absolute Gasteiger partial charge is 0.396 e. The van der Waals surface area contributed by atoms with E-state index in [1.54, 1.807) is 0 Å². The van der Waals surface area contributed by atoms with Crippen molar-refractivity contribution < 1.29 is 18.3 Å². The third-order valence-electron chi connectivity index (χ3n) is 2.63. The first-order chi connectivity index (χ1) is 8.95. The van der Waals surface area contributed by atoms with Gasteiger partial charge in [-0.2, -0.15) is 13.2 Å². The van der Waals surface area contributed by atoms with E-state index in [0.717, 1.165) is 37.9 Å². The number of rotatable bonds is 7. The van der Waals surface area contributed by atoms with E-state index in [4.69, 9.17) is 10.8 Å². The molecule has 1 aromatic heterocycles. The molecule has 0 atom stereocenters. The van der Waals surface area contributed by atoms with E-state index in [1.807, 2.05) is 0 Å². The summed E-state index contributed by atoms with van der Waals surface area (Å²) in [7, 11) is 0. The van der Waals surface area contributed by atoms with E-state index in [0.29, 0.717) is 6.54 Å². The molecule has 1 heterocycles. The van der Waals surface area contributed by atoms with Gasteiger partial charge in [-0.15, -0.1) is 0 Å². The van der Waals surface area contributed by atoms with Crippen LogP contribution in [-0.2, 0) is 6.18 Å². The van der Waals surface area contributed by atoms with Crippen LogP contribution in [-0.4, -0.2) is 23.2 Å². The van der Waals surface area contributed by atoms with Gasteiger partial charge in [0.15, 0.2) is 0 Å². The second-order valence-electron chi connectivity index (χ2n) is 4.22. The highest BCUT2D eigenvalue weighted by atomic mass is 19.4. The van der Waals surface area contributed by atoms with Gasteiger partial charge in [0.2, 0.25) is 0 Å². The number of hydrogen-bond donors (Lipinski definition) is 3. The monoisotopic (exact) mass is 277 g/mol. The number of unbranched alkanes of at least 4 members (excludes halogenated alkanes) is 3. The van der Waals surface area contributed by atoms with Crippen LogP contribution >= 0.6 is 0 Å². The maximum absolute atomic E-state index is 12.5. The molecule has 4 N–H and O–H groups in total. The topological polar surface area (TPSA) is 71.2 Å². The number of aliphatic hydroxyl groups excluding tert-OH is 1. The Labute approximate surface area is 109 Å². The molecule has 0 saturated heterocycles. The fourth-order valence-corrected chi connectivity index (χ4v) is 1.59. The normalized spacial score (nSPS) is 11.6. The maximum Gasteiger partial charge on any atom is 0.433 e. The Hall–Kier alpha value is -1.50. The summed E-state index contributed by atoms with van der Waals surface area (Å²) in [6.45, 7) is 0.705. The molecule has 0 fully saturated rings. The molecule has 0 spiro atoms. The molecule has 0 radical (unpaired) electrons. The molecular formula is C12H18F3N3O. The summed E-state index contributed by atoms with van der Waals surface area (Å²) in [6, 6.07) is 0.920. The predicted molar refractivity (Wildman–Crippen MR) is 67.7 cm³/mol. The average Bonchev–Trinajstić information content (AvgIpc) is 2.34. The lowest BCUT2D eigenvalue weighted by Gasteiger charge is -2.12. The Balaban J connectivity index is 2.49. The summed E-state index contributed by atoms with van der Waals surface area (Å²) in [5.41, 5.74) is 5.07. The second kappa shape index (κ2) is 7.18. The molecule has 19 heavy (non-hydrogen) atoms. The Bertz CT molecular complexity index is 396. The van der Waals surface area contributed by atoms with E-state index >= 15 is 0 Å². The molecular weight excluding hydrogens is 259 g/mol. The molecule has 0 unspecified atom stereocenters. The minimum absolute atomic E-state index is 0.166. The lowest BCUT2D eigenvalue weighted by molar-refractivity contribution is -0.141. The van der Waals surface area contributed by atoms with Gasteiger partial charge < -0.3 is 16.2 Å². The summed E-state index contributed by atoms with van der Waals surface area (Å²) >= 11 is 0. The summed E-state index contributed by atoms with van der Waals surface area (Å²) in [5.74, 6) is 0. The molecule has 0 saturated carbocycles. The molecule has 1 aromatic rings. The van der Waals surface area contributed by atoms with Crippen molar-refractivity contribution in [3.8, 4) is 0 Å². The molecule has 7 heteroatoms. The number of nitrogens with two attached hydrogens (primary N) is 1. The first kappa shape index (κ1) is 15.6. The van der Waals surface area contributed by atoms with Gasteiger partial charge in [0.05, 0.1) is 17.6 Å². The fraction of sp³-hybridized carbons (Fsp3) is 0.583. The molecule has 0 bridgehead atoms. The number of hydrogen-bond acceptors (Lipinski definition) is 4. The molecule has 1 rings (SSSR count). The van der Waals surface area contributed by atoms with Gasteiger partial charge in [-0.25, -0.2) is 4.98 Å². The van der Waals surface area contributed by atoms with E-state index in [1.165, 1.54) is 0 Å². The van der Waals surface area contributed by atoms with Crippen LogP contribution in [0.1, 0.15) is 31.4 Å². The van der Waals surface area contributed by atoms with Crippen molar-refractivity contribution in [2.75, 3.05) is 24.2 Å². The van der Waals surface area contributed by atoms with Gasteiger partial charge in [0, 0.05) is 13.2 Å². The quantitative estimate of drug-likeness (QED) is 0.670. The Morgan fingerprint density at radius 3 is 2.53 bits per heavy atom. The summed E-state index contributed by atoms with van der Waals surface area (Å²) in [4.78, 5) is 3.26. The highest BCUT2D eigenvalue weighted by molar-refractivity contribution is 5.65. The van der Waals surface area contributed by atoms with E-state index < -0.39 is 11.9 Å². The van der Waals surface area contributed by atoms with Crippen molar-refractivity contribution in [3.05, 3.63) is 18.0 Å². The zero-order valence-corrected chi connectivity index (χ0v) is 10.5. The molecule has 4 nitrogen and oxygen atoms in total. The van der Waals surface area contributed by atoms with Crippen LogP contribution in [0.4, 0.5) is 24.5 Å². The van der Waals surface area contributed by atoms with Crippen molar-refractivity contribution in [2.45, 2.75) is 31.9 Å². The predicted octanol–water partition coefficient (Wildman–Crippen LogP) is 2.65. The SMILES string of the molecule is Nc1cnc(C(F)(F)F)cc1NCCCCCCO. The first-order valence-electron chi connectivity index (χ1n) is 6.12. The average molecular weight is 277 g/mol. The van der Waals surface area contributed by atoms with Crippen molar-refractivity contribution in [2.24, 2.45) is 0 Å². The molecule has 0 aliphatic rings. The lowest BCUT2D eigenvalue weighted by atomic mass is 10.2. The zero-order chi connectivity index (χ0) is 14.3. The number of pyridine rings is 1. The second-order valence-corrected chi connectivity index (χ2v) is 4.22. The fourth-order valence-electron chi connectivity index (χ4n) is 1.59. The van der Waals surface area contributed by atoms with Crippen LogP contribution in [0.15, 0.2) is 12.3 Å². The van der Waals surface area contributed by atoms with Crippen LogP contribution in [0.25, 0.3) is 0 Å². The van der Waals surface area contributed by atoms with Crippen LogP contribution in [0.2, 0.25) is 0 Å². The van der Waals surface area contributed by atoms with Gasteiger partial charge in [-0.3, -0.25) is 0 Å². The minimum atomic E-state index is -4.47. The molecule has 0 aliphatic carbocycles. The van der Waals surface area contributed by atoms with Gasteiger partial charge in [-0.05, 0) is 18.9 Å². The number of nitrogens with one attached hydrogen (secondary N) is 1. The van der Waals surface area contributed by atoms with E-state index in [-0.39, 0.29) is 18.0 Å². The van der Waals surface area contributed by atoms with Crippen molar-refractivity contribution in [1.82, 2.24) is 4.98 Å². The van der Waals surface area contributed by atoms with Gasteiger partial charge in [0.1, 0.15) is 5.69 Å². The standard InChI is InChI=1S/C12H18F3N3O/c13-12(14,15)11-7-10(9(16)8-18-11)17-5-3-1-2-4-6-19/h7-8,19H,1-6,16H2,(H,17,18). The van der Waals surface area contributed by atoms with Crippen molar-refractivity contribution in [3.63, 3.8) is 0 Å². The molecule has 0 aliphatic heterocycles. The summed E-state index contributed by atoms with van der Waals surface area (Å²) in [6.07, 6.45) is -0.0939. The minimum Gasteiger partial charge on any atom is -0.396 e. The van der Waals surface area contributed by atoms with Crippen LogP contribution in [0.3, 0.4) is 0 Å². The number of aliphatic hydroxyl groups is 1. The van der Waals surface area contributed by atoms with Gasteiger partial charge >= 0.3 is 6.18 Å². The molecule has 0 amide bonds. The molecule has 0 aromatic carbocycles. The van der Waals surface area contributed by atoms with Crippen molar-refractivity contribution >= 4 is 11.4 Å². The largest absolute Gasteiger partial charge is 0.433 e. The Morgan fingerprint density at radius 2 is 1.89 bits per heavy atom. The Morgan fingerprint density at radius 1 is 1.21 bits per heavy atom. The summed E-state index contributed by atoms with van der Waals surface area (Å²) < 4.78 is 37.4. The number of halogens is 3. The van der Waals surface area contributed by atoms with E-state index in [2.05, 4.69) is 10.3 Å². The highest BCUT2D eigenvalue weighted by Crippen LogP contribution is 2.30. The third kappa shape index (κ3) is 5.34. The van der Waals surface area contributed by atoms with Gasteiger partial charge in [0.25, 0.3) is 0 Å².